The maximum atomic E-state index is 13.4. The third-order valence-corrected chi connectivity index (χ3v) is 6.33. The normalized spacial score (nSPS) is 25.0. The van der Waals surface area contributed by atoms with Gasteiger partial charge in [0, 0.05) is 25.2 Å². The molecule has 1 amide bonds. The average molecular weight is 412 g/mol. The smallest absolute Gasteiger partial charge is 0.257 e. The number of nitrogens with zero attached hydrogens (tertiary/aromatic N) is 2. The number of amides is 1. The molecule has 4 rings (SSSR count). The molecular weight excluding hydrogens is 378 g/mol. The lowest BCUT2D eigenvalue weighted by atomic mass is 9.78. The van der Waals surface area contributed by atoms with Crippen LogP contribution in [0.4, 0.5) is 0 Å². The molecule has 0 unspecified atom stereocenters. The Labute approximate surface area is 179 Å². The number of rotatable bonds is 5. The van der Waals surface area contributed by atoms with Crippen LogP contribution in [0.25, 0.3) is 11.3 Å². The second-order valence-corrected chi connectivity index (χ2v) is 9.14. The van der Waals surface area contributed by atoms with Gasteiger partial charge in [-0.25, -0.2) is 0 Å². The Morgan fingerprint density at radius 3 is 2.87 bits per heavy atom. The first-order valence-corrected chi connectivity index (χ1v) is 11.2. The summed E-state index contributed by atoms with van der Waals surface area (Å²) in [6.07, 6.45) is 4.17. The van der Waals surface area contributed by atoms with E-state index in [1.165, 1.54) is 0 Å². The topological polar surface area (TPSA) is 67.6 Å². The Kier molecular flexibility index (Phi) is 6.25. The van der Waals surface area contributed by atoms with Gasteiger partial charge in [-0.1, -0.05) is 62.2 Å². The van der Waals surface area contributed by atoms with Crippen LogP contribution in [0.1, 0.15) is 55.6 Å². The molecule has 6 heteroatoms. The molecule has 1 aliphatic carbocycles. The van der Waals surface area contributed by atoms with E-state index in [4.69, 9.17) is 9.26 Å². The first kappa shape index (κ1) is 21.1. The fourth-order valence-corrected chi connectivity index (χ4v) is 4.99. The van der Waals surface area contributed by atoms with E-state index in [1.54, 1.807) is 6.92 Å². The number of hydrogen-bond acceptors (Lipinski definition) is 5. The number of carbonyl (C=O) groups is 1. The average Bonchev–Trinajstić information content (AvgIpc) is 3.12. The van der Waals surface area contributed by atoms with E-state index < -0.39 is 0 Å². The van der Waals surface area contributed by atoms with Gasteiger partial charge in [-0.15, -0.1) is 0 Å². The second kappa shape index (κ2) is 8.90. The molecule has 2 aliphatic rings. The standard InChI is InChI=1S/C24H33N3O3/c1-17(2)15-27-13-14-29-24(16-27)12-8-7-11-20(24)25-23(28)21-18(3)30-26-22(21)19-9-5-4-6-10-19/h4-6,9-10,17,20H,7-8,11-16H2,1-3H3,(H,25,28)/t20-,24-/m1/s1. The van der Waals surface area contributed by atoms with Crippen molar-refractivity contribution < 1.29 is 14.1 Å². The molecule has 0 bridgehead atoms. The molecule has 6 nitrogen and oxygen atoms in total. The number of nitrogens with one attached hydrogen (secondary N) is 1. The summed E-state index contributed by atoms with van der Waals surface area (Å²) in [4.78, 5) is 15.9. The largest absolute Gasteiger partial charge is 0.370 e. The van der Waals surface area contributed by atoms with Crippen LogP contribution in [0.3, 0.4) is 0 Å². The highest BCUT2D eigenvalue weighted by Gasteiger charge is 2.46. The predicted octanol–water partition coefficient (Wildman–Crippen LogP) is 4.05. The molecule has 2 atom stereocenters. The van der Waals surface area contributed by atoms with E-state index >= 15 is 0 Å². The lowest BCUT2D eigenvalue weighted by Crippen LogP contribution is -2.64. The Bertz CT molecular complexity index is 860. The van der Waals surface area contributed by atoms with Crippen LogP contribution < -0.4 is 5.32 Å². The number of carbonyl (C=O) groups excluding carboxylic acids is 1. The summed E-state index contributed by atoms with van der Waals surface area (Å²) in [5, 5.41) is 7.49. The molecule has 2 heterocycles. The lowest BCUT2D eigenvalue weighted by molar-refractivity contribution is -0.142. The van der Waals surface area contributed by atoms with Crippen LogP contribution in [0, 0.1) is 12.8 Å². The SMILES string of the molecule is Cc1onc(-c2ccccc2)c1C(=O)N[C@@H]1CCCC[C@@]12CN(CC(C)C)CCO2. The molecule has 1 saturated heterocycles. The van der Waals surface area contributed by atoms with Gasteiger partial charge in [-0.05, 0) is 25.7 Å². The zero-order valence-corrected chi connectivity index (χ0v) is 18.3. The van der Waals surface area contributed by atoms with Gasteiger partial charge in [0.25, 0.3) is 5.91 Å². The third kappa shape index (κ3) is 4.30. The molecule has 1 aromatic carbocycles. The summed E-state index contributed by atoms with van der Waals surface area (Å²) in [5.41, 5.74) is 1.70. The van der Waals surface area contributed by atoms with E-state index in [-0.39, 0.29) is 17.6 Å². The minimum absolute atomic E-state index is 0.00774. The van der Waals surface area contributed by atoms with Crippen molar-refractivity contribution >= 4 is 5.91 Å². The van der Waals surface area contributed by atoms with Gasteiger partial charge in [0.2, 0.25) is 0 Å². The van der Waals surface area contributed by atoms with Crippen molar-refractivity contribution in [2.75, 3.05) is 26.2 Å². The second-order valence-electron chi connectivity index (χ2n) is 9.14. The minimum Gasteiger partial charge on any atom is -0.370 e. The Morgan fingerprint density at radius 2 is 2.10 bits per heavy atom. The maximum Gasteiger partial charge on any atom is 0.257 e. The van der Waals surface area contributed by atoms with Crippen molar-refractivity contribution in [3.8, 4) is 11.3 Å². The summed E-state index contributed by atoms with van der Waals surface area (Å²) in [5.74, 6) is 1.04. The van der Waals surface area contributed by atoms with Crippen molar-refractivity contribution in [2.45, 2.75) is 58.1 Å². The Balaban J connectivity index is 1.56. The summed E-state index contributed by atoms with van der Waals surface area (Å²) < 4.78 is 11.8. The van der Waals surface area contributed by atoms with Crippen molar-refractivity contribution in [3.63, 3.8) is 0 Å². The molecule has 1 N–H and O–H groups in total. The Morgan fingerprint density at radius 1 is 1.30 bits per heavy atom. The monoisotopic (exact) mass is 411 g/mol. The van der Waals surface area contributed by atoms with Crippen LogP contribution in [-0.2, 0) is 4.74 Å². The number of morpholine rings is 1. The molecule has 30 heavy (non-hydrogen) atoms. The predicted molar refractivity (Wildman–Crippen MR) is 116 cm³/mol. The molecular formula is C24H33N3O3. The summed E-state index contributed by atoms with van der Waals surface area (Å²) in [6, 6.07) is 9.72. The quantitative estimate of drug-likeness (QED) is 0.804. The summed E-state index contributed by atoms with van der Waals surface area (Å²) in [6.45, 7) is 9.93. The van der Waals surface area contributed by atoms with Crippen LogP contribution in [-0.4, -0.2) is 53.8 Å². The van der Waals surface area contributed by atoms with Gasteiger partial charge in [0.15, 0.2) is 0 Å². The van der Waals surface area contributed by atoms with Gasteiger partial charge in [0.1, 0.15) is 22.6 Å². The van der Waals surface area contributed by atoms with Gasteiger partial charge >= 0.3 is 0 Å². The molecule has 1 spiro atoms. The van der Waals surface area contributed by atoms with E-state index in [0.717, 1.165) is 57.5 Å². The number of aryl methyl sites for hydroxylation is 1. The number of ether oxygens (including phenoxy) is 1. The Hall–Kier alpha value is -2.18. The fourth-order valence-electron chi connectivity index (χ4n) is 4.99. The number of aromatic nitrogens is 1. The van der Waals surface area contributed by atoms with Crippen molar-refractivity contribution in [1.29, 1.82) is 0 Å². The van der Waals surface area contributed by atoms with Gasteiger partial charge < -0.3 is 14.6 Å². The zero-order chi connectivity index (χ0) is 21.1. The van der Waals surface area contributed by atoms with Gasteiger partial charge in [0.05, 0.1) is 12.6 Å². The molecule has 162 valence electrons. The summed E-state index contributed by atoms with van der Waals surface area (Å²) in [7, 11) is 0. The van der Waals surface area contributed by atoms with E-state index in [0.29, 0.717) is 22.9 Å². The van der Waals surface area contributed by atoms with Gasteiger partial charge in [-0.3, -0.25) is 9.69 Å². The van der Waals surface area contributed by atoms with Crippen molar-refractivity contribution in [2.24, 2.45) is 5.92 Å². The molecule has 2 aromatic rings. The van der Waals surface area contributed by atoms with E-state index in [9.17, 15) is 4.79 Å². The van der Waals surface area contributed by atoms with Crippen LogP contribution in [0.2, 0.25) is 0 Å². The zero-order valence-electron chi connectivity index (χ0n) is 18.3. The third-order valence-electron chi connectivity index (χ3n) is 6.33. The summed E-state index contributed by atoms with van der Waals surface area (Å²) >= 11 is 0. The number of benzene rings is 1. The fraction of sp³-hybridized carbons (Fsp3) is 0.583. The molecule has 1 saturated carbocycles. The molecule has 1 aliphatic heterocycles. The van der Waals surface area contributed by atoms with Crippen molar-refractivity contribution in [1.82, 2.24) is 15.4 Å². The van der Waals surface area contributed by atoms with E-state index in [2.05, 4.69) is 29.2 Å². The highest BCUT2D eigenvalue weighted by atomic mass is 16.5. The minimum atomic E-state index is -0.307. The molecule has 2 fully saturated rings. The van der Waals surface area contributed by atoms with Crippen LogP contribution in [0.15, 0.2) is 34.9 Å². The molecule has 1 aromatic heterocycles. The van der Waals surface area contributed by atoms with E-state index in [1.807, 2.05) is 30.3 Å². The van der Waals surface area contributed by atoms with Crippen LogP contribution >= 0.6 is 0 Å². The maximum absolute atomic E-state index is 13.4. The van der Waals surface area contributed by atoms with Gasteiger partial charge in [-0.2, -0.15) is 0 Å². The number of hydrogen-bond donors (Lipinski definition) is 1. The van der Waals surface area contributed by atoms with Crippen LogP contribution in [0.5, 0.6) is 0 Å². The highest BCUT2D eigenvalue weighted by Crippen LogP contribution is 2.36. The lowest BCUT2D eigenvalue weighted by Gasteiger charge is -2.50. The van der Waals surface area contributed by atoms with Crippen molar-refractivity contribution in [3.05, 3.63) is 41.7 Å². The first-order valence-electron chi connectivity index (χ1n) is 11.2. The first-order chi connectivity index (χ1) is 14.5. The highest BCUT2D eigenvalue weighted by molar-refractivity contribution is 6.01. The molecule has 0 radical (unpaired) electrons.